The van der Waals surface area contributed by atoms with Gasteiger partial charge in [0.25, 0.3) is 0 Å². The SMILES string of the molecule is COc1cc(/C=N\NC(=O)Nc2cccc(Cl)c2)cc([N+](=O)[O-])c1OC. The number of hydrazone groups is 1. The van der Waals surface area contributed by atoms with Crippen molar-refractivity contribution in [2.45, 2.75) is 0 Å². The summed E-state index contributed by atoms with van der Waals surface area (Å²) < 4.78 is 10.1. The summed E-state index contributed by atoms with van der Waals surface area (Å²) in [4.78, 5) is 22.3. The number of hydrogen-bond donors (Lipinski definition) is 2. The molecule has 2 amide bonds. The van der Waals surface area contributed by atoms with Gasteiger partial charge in [-0.25, -0.2) is 10.2 Å². The second-order valence-electron chi connectivity index (χ2n) is 4.87. The monoisotopic (exact) mass is 378 g/mol. The van der Waals surface area contributed by atoms with Crippen LogP contribution >= 0.6 is 11.6 Å². The van der Waals surface area contributed by atoms with Crippen LogP contribution in [0.3, 0.4) is 0 Å². The minimum absolute atomic E-state index is 0.00121. The van der Waals surface area contributed by atoms with Gasteiger partial charge in [-0.2, -0.15) is 5.10 Å². The van der Waals surface area contributed by atoms with Gasteiger partial charge in [-0.3, -0.25) is 10.1 Å². The fourth-order valence-corrected chi connectivity index (χ4v) is 2.26. The predicted molar refractivity (Wildman–Crippen MR) is 97.4 cm³/mol. The van der Waals surface area contributed by atoms with Crippen LogP contribution in [0.15, 0.2) is 41.5 Å². The highest BCUT2D eigenvalue weighted by molar-refractivity contribution is 6.30. The van der Waals surface area contributed by atoms with Crippen LogP contribution < -0.4 is 20.2 Å². The summed E-state index contributed by atoms with van der Waals surface area (Å²) in [5, 5.41) is 17.9. The highest BCUT2D eigenvalue weighted by Crippen LogP contribution is 2.37. The number of benzene rings is 2. The molecule has 10 heteroatoms. The molecule has 0 saturated heterocycles. The van der Waals surface area contributed by atoms with Gasteiger partial charge in [0.05, 0.1) is 25.4 Å². The van der Waals surface area contributed by atoms with Crippen molar-refractivity contribution in [1.82, 2.24) is 5.43 Å². The smallest absolute Gasteiger partial charge is 0.339 e. The van der Waals surface area contributed by atoms with Crippen LogP contribution in [-0.2, 0) is 0 Å². The molecule has 0 radical (unpaired) electrons. The normalized spacial score (nSPS) is 10.4. The number of nitrogens with zero attached hydrogens (tertiary/aromatic N) is 2. The maximum Gasteiger partial charge on any atom is 0.339 e. The lowest BCUT2D eigenvalue weighted by molar-refractivity contribution is -0.385. The second kappa shape index (κ2) is 8.67. The van der Waals surface area contributed by atoms with Gasteiger partial charge in [0.2, 0.25) is 5.75 Å². The van der Waals surface area contributed by atoms with Crippen LogP contribution in [0.25, 0.3) is 0 Å². The number of amides is 2. The predicted octanol–water partition coefficient (Wildman–Crippen LogP) is 3.42. The Hall–Kier alpha value is -3.33. The van der Waals surface area contributed by atoms with Gasteiger partial charge in [0.1, 0.15) is 0 Å². The maximum atomic E-state index is 11.8. The zero-order valence-electron chi connectivity index (χ0n) is 13.9. The van der Waals surface area contributed by atoms with E-state index in [1.807, 2.05) is 0 Å². The Bertz CT molecular complexity index is 857. The number of anilines is 1. The number of halogens is 1. The van der Waals surface area contributed by atoms with Crippen molar-refractivity contribution in [2.75, 3.05) is 19.5 Å². The number of carbonyl (C=O) groups excluding carboxylic acids is 1. The zero-order valence-corrected chi connectivity index (χ0v) is 14.6. The molecule has 2 rings (SSSR count). The Labute approximate surface area is 153 Å². The van der Waals surface area contributed by atoms with Crippen molar-refractivity contribution >= 4 is 35.2 Å². The first-order chi connectivity index (χ1) is 12.4. The van der Waals surface area contributed by atoms with Gasteiger partial charge in [-0.05, 0) is 24.3 Å². The van der Waals surface area contributed by atoms with E-state index in [0.717, 1.165) is 0 Å². The first kappa shape index (κ1) is 19.0. The van der Waals surface area contributed by atoms with E-state index in [1.54, 1.807) is 24.3 Å². The molecular formula is C16H15ClN4O5. The quantitative estimate of drug-likeness (QED) is 0.454. The molecule has 0 heterocycles. The molecule has 0 bridgehead atoms. The summed E-state index contributed by atoms with van der Waals surface area (Å²) in [7, 11) is 2.67. The number of ether oxygens (including phenoxy) is 2. The van der Waals surface area contributed by atoms with Crippen LogP contribution in [0.2, 0.25) is 5.02 Å². The van der Waals surface area contributed by atoms with Gasteiger partial charge in [0, 0.05) is 22.3 Å². The van der Waals surface area contributed by atoms with Crippen molar-refractivity contribution in [3.05, 3.63) is 57.1 Å². The van der Waals surface area contributed by atoms with Crippen LogP contribution in [0.1, 0.15) is 5.56 Å². The van der Waals surface area contributed by atoms with E-state index in [-0.39, 0.29) is 17.2 Å². The van der Waals surface area contributed by atoms with Crippen LogP contribution in [0.5, 0.6) is 11.5 Å². The standard InChI is InChI=1S/C16H15ClN4O5/c1-25-14-7-10(6-13(21(23)24)15(14)26-2)9-18-20-16(22)19-12-5-3-4-11(17)8-12/h3-9H,1-2H3,(H2,19,20,22)/b18-9-. The Balaban J connectivity index is 2.11. The summed E-state index contributed by atoms with van der Waals surface area (Å²) in [6, 6.07) is 8.73. The molecule has 0 aliphatic heterocycles. The molecule has 0 spiro atoms. The molecule has 0 aromatic heterocycles. The van der Waals surface area contributed by atoms with Gasteiger partial charge in [0.15, 0.2) is 5.75 Å². The number of methoxy groups -OCH3 is 2. The fraction of sp³-hybridized carbons (Fsp3) is 0.125. The van der Waals surface area contributed by atoms with E-state index >= 15 is 0 Å². The number of hydrogen-bond acceptors (Lipinski definition) is 6. The molecule has 0 atom stereocenters. The number of nitrogens with one attached hydrogen (secondary N) is 2. The zero-order chi connectivity index (χ0) is 19.1. The lowest BCUT2D eigenvalue weighted by Crippen LogP contribution is -2.24. The second-order valence-corrected chi connectivity index (χ2v) is 5.30. The molecule has 0 aliphatic rings. The van der Waals surface area contributed by atoms with Crippen LogP contribution in [-0.4, -0.2) is 31.4 Å². The third-order valence-electron chi connectivity index (χ3n) is 3.14. The van der Waals surface area contributed by atoms with Gasteiger partial charge < -0.3 is 14.8 Å². The summed E-state index contributed by atoms with van der Waals surface area (Å²) in [5.41, 5.74) is 2.80. The van der Waals surface area contributed by atoms with Crippen LogP contribution in [0.4, 0.5) is 16.2 Å². The molecule has 2 aromatic carbocycles. The highest BCUT2D eigenvalue weighted by atomic mass is 35.5. The van der Waals surface area contributed by atoms with Crippen molar-refractivity contribution < 1.29 is 19.2 Å². The molecule has 136 valence electrons. The molecule has 26 heavy (non-hydrogen) atoms. The summed E-state index contributed by atoms with van der Waals surface area (Å²) in [5.74, 6) is 0.174. The number of carbonyl (C=O) groups is 1. The number of rotatable bonds is 6. The third kappa shape index (κ3) is 4.84. The first-order valence-corrected chi connectivity index (χ1v) is 7.58. The molecule has 2 N–H and O–H groups in total. The Kier molecular flexibility index (Phi) is 6.34. The van der Waals surface area contributed by atoms with Gasteiger partial charge >= 0.3 is 11.7 Å². The van der Waals surface area contributed by atoms with E-state index in [0.29, 0.717) is 16.3 Å². The third-order valence-corrected chi connectivity index (χ3v) is 3.38. The molecule has 0 aliphatic carbocycles. The molecular weight excluding hydrogens is 364 g/mol. The van der Waals surface area contributed by atoms with Gasteiger partial charge in [-0.1, -0.05) is 17.7 Å². The topological polar surface area (TPSA) is 115 Å². The average molecular weight is 379 g/mol. The number of urea groups is 1. The number of nitro groups is 1. The Morgan fingerprint density at radius 3 is 2.65 bits per heavy atom. The molecule has 0 fully saturated rings. The van der Waals surface area contributed by atoms with E-state index in [4.69, 9.17) is 21.1 Å². The first-order valence-electron chi connectivity index (χ1n) is 7.20. The molecule has 0 saturated carbocycles. The summed E-state index contributed by atoms with van der Waals surface area (Å²) >= 11 is 5.83. The molecule has 2 aromatic rings. The van der Waals surface area contributed by atoms with Crippen molar-refractivity contribution in [1.29, 1.82) is 0 Å². The Morgan fingerprint density at radius 2 is 2.04 bits per heavy atom. The number of nitro benzene ring substituents is 1. The van der Waals surface area contributed by atoms with Crippen molar-refractivity contribution in [2.24, 2.45) is 5.10 Å². The van der Waals surface area contributed by atoms with Crippen molar-refractivity contribution in [3.8, 4) is 11.5 Å². The molecule has 0 unspecified atom stereocenters. The minimum atomic E-state index is -0.599. The largest absolute Gasteiger partial charge is 0.493 e. The maximum absolute atomic E-state index is 11.8. The summed E-state index contributed by atoms with van der Waals surface area (Å²) in [6.45, 7) is 0. The van der Waals surface area contributed by atoms with E-state index in [2.05, 4.69) is 15.8 Å². The minimum Gasteiger partial charge on any atom is -0.493 e. The van der Waals surface area contributed by atoms with E-state index in [1.165, 1.54) is 32.6 Å². The lowest BCUT2D eigenvalue weighted by Gasteiger charge is -2.08. The average Bonchev–Trinajstić information content (AvgIpc) is 2.60. The highest BCUT2D eigenvalue weighted by Gasteiger charge is 2.21. The van der Waals surface area contributed by atoms with E-state index in [9.17, 15) is 14.9 Å². The summed E-state index contributed by atoms with van der Waals surface area (Å²) in [6.07, 6.45) is 1.24. The molecule has 9 nitrogen and oxygen atoms in total. The van der Waals surface area contributed by atoms with Crippen molar-refractivity contribution in [3.63, 3.8) is 0 Å². The van der Waals surface area contributed by atoms with Gasteiger partial charge in [-0.15, -0.1) is 0 Å². The lowest BCUT2D eigenvalue weighted by atomic mass is 10.2. The van der Waals surface area contributed by atoms with Crippen LogP contribution in [0, 0.1) is 10.1 Å². The van der Waals surface area contributed by atoms with E-state index < -0.39 is 11.0 Å². The Morgan fingerprint density at radius 1 is 1.27 bits per heavy atom. The fourth-order valence-electron chi connectivity index (χ4n) is 2.07.